The number of carbonyl (C=O) groups excluding carboxylic acids is 1. The summed E-state index contributed by atoms with van der Waals surface area (Å²) in [4.78, 5) is 16.5. The van der Waals surface area contributed by atoms with Crippen molar-refractivity contribution in [3.8, 4) is 0 Å². The lowest BCUT2D eigenvalue weighted by molar-refractivity contribution is 0.0952. The summed E-state index contributed by atoms with van der Waals surface area (Å²) in [6.07, 6.45) is 4.31. The van der Waals surface area contributed by atoms with Gasteiger partial charge in [0.15, 0.2) is 0 Å². The molecule has 0 spiro atoms. The van der Waals surface area contributed by atoms with Gasteiger partial charge in [-0.3, -0.25) is 9.69 Å². The highest BCUT2D eigenvalue weighted by Gasteiger charge is 2.22. The molecule has 23 heavy (non-hydrogen) atoms. The molecule has 1 aliphatic heterocycles. The van der Waals surface area contributed by atoms with Crippen molar-refractivity contribution in [2.75, 3.05) is 45.2 Å². The number of unbranched alkanes of at least 4 members (excludes halogenated alkanes) is 1. The average molecular weight is 319 g/mol. The molecule has 1 atom stereocenters. The summed E-state index contributed by atoms with van der Waals surface area (Å²) in [6.45, 7) is 3.06. The highest BCUT2D eigenvalue weighted by molar-refractivity contribution is 5.95. The summed E-state index contributed by atoms with van der Waals surface area (Å²) in [5.74, 6) is -0.0110. The minimum Gasteiger partial charge on any atom is -0.395 e. The van der Waals surface area contributed by atoms with Crippen LogP contribution in [0.3, 0.4) is 0 Å². The summed E-state index contributed by atoms with van der Waals surface area (Å²) < 4.78 is 0. The van der Waals surface area contributed by atoms with Gasteiger partial charge in [-0.2, -0.15) is 0 Å². The molecule has 5 heteroatoms. The Morgan fingerprint density at radius 1 is 1.39 bits per heavy atom. The van der Waals surface area contributed by atoms with Crippen LogP contribution in [0.2, 0.25) is 0 Å². The first-order chi connectivity index (χ1) is 11.1. The van der Waals surface area contributed by atoms with E-state index in [1.807, 2.05) is 43.3 Å². The second-order valence-electron chi connectivity index (χ2n) is 6.42. The minimum absolute atomic E-state index is 0.0110. The topological polar surface area (TPSA) is 55.8 Å². The van der Waals surface area contributed by atoms with E-state index in [4.69, 9.17) is 0 Å². The van der Waals surface area contributed by atoms with E-state index in [-0.39, 0.29) is 12.5 Å². The average Bonchev–Trinajstić information content (AvgIpc) is 3.02. The molecule has 1 amide bonds. The van der Waals surface area contributed by atoms with Gasteiger partial charge in [-0.25, -0.2) is 0 Å². The lowest BCUT2D eigenvalue weighted by atomic mass is 10.1. The molecule has 0 bridgehead atoms. The normalized spacial score (nSPS) is 18.1. The van der Waals surface area contributed by atoms with Gasteiger partial charge in [0.05, 0.1) is 6.61 Å². The Labute approximate surface area is 139 Å². The van der Waals surface area contributed by atoms with Crippen molar-refractivity contribution in [1.29, 1.82) is 0 Å². The first-order valence-electron chi connectivity index (χ1n) is 8.52. The number of hydrogen-bond acceptors (Lipinski definition) is 4. The Morgan fingerprint density at radius 3 is 2.96 bits per heavy atom. The van der Waals surface area contributed by atoms with Gasteiger partial charge in [-0.1, -0.05) is 6.07 Å². The molecule has 1 aromatic carbocycles. The standard InChI is InChI=1S/C18H29N3O2/c1-20(2)16-8-5-7-15(13-16)18(23)19-10-3-4-11-21-12-6-9-17(21)14-22/h5,7-8,13,17,22H,3-4,6,9-12,14H2,1-2H3,(H,19,23). The van der Waals surface area contributed by atoms with E-state index in [1.165, 1.54) is 6.42 Å². The van der Waals surface area contributed by atoms with E-state index in [2.05, 4.69) is 10.2 Å². The molecule has 1 aliphatic rings. The Bertz CT molecular complexity index is 505. The fourth-order valence-corrected chi connectivity index (χ4v) is 3.07. The molecule has 0 saturated carbocycles. The summed E-state index contributed by atoms with van der Waals surface area (Å²) in [6, 6.07) is 8.00. The minimum atomic E-state index is -0.0110. The lowest BCUT2D eigenvalue weighted by Gasteiger charge is -2.22. The maximum atomic E-state index is 12.2. The zero-order chi connectivity index (χ0) is 16.7. The molecule has 1 fully saturated rings. The Morgan fingerprint density at radius 2 is 2.22 bits per heavy atom. The monoisotopic (exact) mass is 319 g/mol. The van der Waals surface area contributed by atoms with Crippen molar-refractivity contribution < 1.29 is 9.90 Å². The number of carbonyl (C=O) groups is 1. The quantitative estimate of drug-likeness (QED) is 0.717. The van der Waals surface area contributed by atoms with Crippen molar-refractivity contribution in [1.82, 2.24) is 10.2 Å². The third kappa shape index (κ3) is 5.22. The molecule has 2 rings (SSSR count). The van der Waals surface area contributed by atoms with Crippen molar-refractivity contribution in [2.45, 2.75) is 31.7 Å². The van der Waals surface area contributed by atoms with Crippen LogP contribution < -0.4 is 10.2 Å². The van der Waals surface area contributed by atoms with E-state index < -0.39 is 0 Å². The number of aliphatic hydroxyl groups is 1. The fourth-order valence-electron chi connectivity index (χ4n) is 3.07. The maximum Gasteiger partial charge on any atom is 0.251 e. The van der Waals surface area contributed by atoms with Crippen LogP contribution in [0.5, 0.6) is 0 Å². The number of rotatable bonds is 8. The van der Waals surface area contributed by atoms with Crippen LogP contribution in [0.15, 0.2) is 24.3 Å². The molecule has 1 unspecified atom stereocenters. The molecular weight excluding hydrogens is 290 g/mol. The summed E-state index contributed by atoms with van der Waals surface area (Å²) >= 11 is 0. The number of amides is 1. The van der Waals surface area contributed by atoms with E-state index in [9.17, 15) is 9.90 Å². The first-order valence-corrected chi connectivity index (χ1v) is 8.52. The number of likely N-dealkylation sites (tertiary alicyclic amines) is 1. The molecule has 5 nitrogen and oxygen atoms in total. The van der Waals surface area contributed by atoms with E-state index in [0.717, 1.165) is 38.0 Å². The van der Waals surface area contributed by atoms with Crippen LogP contribution in [-0.4, -0.2) is 62.3 Å². The number of anilines is 1. The highest BCUT2D eigenvalue weighted by atomic mass is 16.3. The highest BCUT2D eigenvalue weighted by Crippen LogP contribution is 2.17. The number of hydrogen-bond donors (Lipinski definition) is 2. The Balaban J connectivity index is 1.68. The molecule has 1 saturated heterocycles. The predicted molar refractivity (Wildman–Crippen MR) is 94.0 cm³/mol. The van der Waals surface area contributed by atoms with Crippen LogP contribution in [0, 0.1) is 0 Å². The summed E-state index contributed by atoms with van der Waals surface area (Å²) in [5.41, 5.74) is 1.73. The molecule has 0 aliphatic carbocycles. The lowest BCUT2D eigenvalue weighted by Crippen LogP contribution is -2.33. The van der Waals surface area contributed by atoms with E-state index >= 15 is 0 Å². The first kappa shape index (κ1) is 17.8. The summed E-state index contributed by atoms with van der Waals surface area (Å²) in [5, 5.41) is 12.3. The van der Waals surface area contributed by atoms with Crippen LogP contribution in [-0.2, 0) is 0 Å². The molecule has 0 radical (unpaired) electrons. The van der Waals surface area contributed by atoms with Crippen LogP contribution in [0.1, 0.15) is 36.0 Å². The van der Waals surface area contributed by atoms with E-state index in [1.54, 1.807) is 0 Å². The molecule has 1 aromatic rings. The van der Waals surface area contributed by atoms with Crippen LogP contribution >= 0.6 is 0 Å². The van der Waals surface area contributed by atoms with Crippen LogP contribution in [0.4, 0.5) is 5.69 Å². The molecule has 0 aromatic heterocycles. The van der Waals surface area contributed by atoms with Gasteiger partial charge in [0.2, 0.25) is 0 Å². The number of benzene rings is 1. The Hall–Kier alpha value is -1.59. The number of aliphatic hydroxyl groups excluding tert-OH is 1. The zero-order valence-electron chi connectivity index (χ0n) is 14.3. The fraction of sp³-hybridized carbons (Fsp3) is 0.611. The number of nitrogens with zero attached hydrogens (tertiary/aromatic N) is 2. The molecule has 2 N–H and O–H groups in total. The van der Waals surface area contributed by atoms with E-state index in [0.29, 0.717) is 18.2 Å². The van der Waals surface area contributed by atoms with Crippen molar-refractivity contribution in [2.24, 2.45) is 0 Å². The van der Waals surface area contributed by atoms with Gasteiger partial charge < -0.3 is 15.3 Å². The third-order valence-electron chi connectivity index (χ3n) is 4.49. The predicted octanol–water partition coefficient (Wildman–Crippen LogP) is 1.72. The van der Waals surface area contributed by atoms with Gasteiger partial charge in [0.1, 0.15) is 0 Å². The molecule has 128 valence electrons. The smallest absolute Gasteiger partial charge is 0.251 e. The van der Waals surface area contributed by atoms with Crippen molar-refractivity contribution in [3.05, 3.63) is 29.8 Å². The zero-order valence-corrected chi connectivity index (χ0v) is 14.3. The van der Waals surface area contributed by atoms with Gasteiger partial charge in [0, 0.05) is 37.9 Å². The Kier molecular flexibility index (Phi) is 6.86. The molecular formula is C18H29N3O2. The van der Waals surface area contributed by atoms with Crippen molar-refractivity contribution >= 4 is 11.6 Å². The van der Waals surface area contributed by atoms with Crippen LogP contribution in [0.25, 0.3) is 0 Å². The van der Waals surface area contributed by atoms with Crippen molar-refractivity contribution in [3.63, 3.8) is 0 Å². The van der Waals surface area contributed by atoms with Gasteiger partial charge in [-0.05, 0) is 57.0 Å². The van der Waals surface area contributed by atoms with Gasteiger partial charge in [-0.15, -0.1) is 0 Å². The second kappa shape index (κ2) is 8.89. The maximum absolute atomic E-state index is 12.2. The molecule has 1 heterocycles. The second-order valence-corrected chi connectivity index (χ2v) is 6.42. The third-order valence-corrected chi connectivity index (χ3v) is 4.49. The number of nitrogens with one attached hydrogen (secondary N) is 1. The largest absolute Gasteiger partial charge is 0.395 e. The van der Waals surface area contributed by atoms with Gasteiger partial charge >= 0.3 is 0 Å². The summed E-state index contributed by atoms with van der Waals surface area (Å²) in [7, 11) is 3.93. The SMILES string of the molecule is CN(C)c1cccc(C(=O)NCCCCN2CCCC2CO)c1. The van der Waals surface area contributed by atoms with Gasteiger partial charge in [0.25, 0.3) is 5.91 Å².